The molecule has 1 N–H and O–H groups in total. The Kier molecular flexibility index (Phi) is 3.93. The third-order valence-corrected chi connectivity index (χ3v) is 2.98. The van der Waals surface area contributed by atoms with Gasteiger partial charge in [0.2, 0.25) is 0 Å². The maximum absolute atomic E-state index is 12.0. The smallest absolute Gasteiger partial charge is 0.352 e. The van der Waals surface area contributed by atoms with Gasteiger partial charge in [0.25, 0.3) is 5.91 Å². The van der Waals surface area contributed by atoms with Crippen molar-refractivity contribution in [3.8, 4) is 0 Å². The van der Waals surface area contributed by atoms with Crippen LogP contribution in [-0.4, -0.2) is 18.6 Å². The Hall–Kier alpha value is -1.78. The Labute approximate surface area is 109 Å². The van der Waals surface area contributed by atoms with E-state index in [0.717, 1.165) is 24.0 Å². The third-order valence-electron chi connectivity index (χ3n) is 2.98. The summed E-state index contributed by atoms with van der Waals surface area (Å²) < 4.78 is 35.9. The van der Waals surface area contributed by atoms with Crippen molar-refractivity contribution in [1.29, 1.82) is 0 Å². The SMILES string of the molecule is O=C(NCCC(F)(F)F)c1ccc2c(c1)CCC=C2. The van der Waals surface area contributed by atoms with Gasteiger partial charge in [0.1, 0.15) is 0 Å². The van der Waals surface area contributed by atoms with Crippen molar-refractivity contribution < 1.29 is 18.0 Å². The first-order chi connectivity index (χ1) is 8.96. The molecule has 5 heteroatoms. The summed E-state index contributed by atoms with van der Waals surface area (Å²) in [6.45, 7) is -0.390. The highest BCUT2D eigenvalue weighted by atomic mass is 19.4. The van der Waals surface area contributed by atoms with Crippen LogP contribution in [0.5, 0.6) is 0 Å². The summed E-state index contributed by atoms with van der Waals surface area (Å²) >= 11 is 0. The van der Waals surface area contributed by atoms with Gasteiger partial charge < -0.3 is 5.32 Å². The van der Waals surface area contributed by atoms with Crippen molar-refractivity contribution in [3.63, 3.8) is 0 Å². The molecule has 0 atom stereocenters. The number of hydrogen-bond acceptors (Lipinski definition) is 1. The molecule has 1 aromatic rings. The van der Waals surface area contributed by atoms with Crippen LogP contribution < -0.4 is 5.32 Å². The van der Waals surface area contributed by atoms with Crippen LogP contribution in [-0.2, 0) is 6.42 Å². The van der Waals surface area contributed by atoms with Gasteiger partial charge in [-0.05, 0) is 36.1 Å². The van der Waals surface area contributed by atoms with Gasteiger partial charge in [0.05, 0.1) is 6.42 Å². The number of fused-ring (bicyclic) bond motifs is 1. The molecule has 102 valence electrons. The average molecular weight is 269 g/mol. The minimum atomic E-state index is -4.24. The van der Waals surface area contributed by atoms with Crippen LogP contribution in [0.4, 0.5) is 13.2 Å². The van der Waals surface area contributed by atoms with Gasteiger partial charge >= 0.3 is 6.18 Å². The summed E-state index contributed by atoms with van der Waals surface area (Å²) in [6.07, 6.45) is 0.581. The highest BCUT2D eigenvalue weighted by molar-refractivity contribution is 5.94. The summed E-state index contributed by atoms with van der Waals surface area (Å²) in [6, 6.07) is 5.21. The number of carbonyl (C=O) groups is 1. The highest BCUT2D eigenvalue weighted by Crippen LogP contribution is 2.21. The molecule has 1 aromatic carbocycles. The summed E-state index contributed by atoms with van der Waals surface area (Å²) in [5, 5.41) is 2.29. The van der Waals surface area contributed by atoms with Crippen molar-refractivity contribution in [1.82, 2.24) is 5.32 Å². The molecule has 2 rings (SSSR count). The first-order valence-electron chi connectivity index (χ1n) is 6.10. The van der Waals surface area contributed by atoms with Crippen molar-refractivity contribution in [2.45, 2.75) is 25.4 Å². The second-order valence-corrected chi connectivity index (χ2v) is 4.48. The third kappa shape index (κ3) is 3.84. The summed E-state index contributed by atoms with van der Waals surface area (Å²) in [4.78, 5) is 11.7. The number of rotatable bonds is 3. The van der Waals surface area contributed by atoms with Gasteiger partial charge in [-0.15, -0.1) is 0 Å². The van der Waals surface area contributed by atoms with Crippen molar-refractivity contribution >= 4 is 12.0 Å². The van der Waals surface area contributed by atoms with Crippen LogP contribution in [0.3, 0.4) is 0 Å². The molecule has 19 heavy (non-hydrogen) atoms. The van der Waals surface area contributed by atoms with E-state index in [9.17, 15) is 18.0 Å². The largest absolute Gasteiger partial charge is 0.390 e. The molecule has 0 heterocycles. The lowest BCUT2D eigenvalue weighted by Crippen LogP contribution is -2.28. The average Bonchev–Trinajstić information content (AvgIpc) is 2.36. The van der Waals surface area contributed by atoms with E-state index in [0.29, 0.717) is 5.56 Å². The second kappa shape index (κ2) is 5.47. The lowest BCUT2D eigenvalue weighted by atomic mass is 9.95. The van der Waals surface area contributed by atoms with Crippen LogP contribution in [0.2, 0.25) is 0 Å². The summed E-state index contributed by atoms with van der Waals surface area (Å²) in [5.41, 5.74) is 2.54. The van der Waals surface area contributed by atoms with E-state index in [-0.39, 0.29) is 6.54 Å². The molecular formula is C14H14F3NO. The Morgan fingerprint density at radius 1 is 1.32 bits per heavy atom. The fourth-order valence-corrected chi connectivity index (χ4v) is 2.00. The monoisotopic (exact) mass is 269 g/mol. The molecule has 1 aliphatic carbocycles. The molecule has 0 fully saturated rings. The molecule has 0 spiro atoms. The van der Waals surface area contributed by atoms with Crippen LogP contribution in [0, 0.1) is 0 Å². The molecule has 0 unspecified atom stereocenters. The van der Waals surface area contributed by atoms with Crippen molar-refractivity contribution in [3.05, 3.63) is 41.0 Å². The van der Waals surface area contributed by atoms with E-state index in [1.807, 2.05) is 12.1 Å². The molecule has 0 aliphatic heterocycles. The maximum Gasteiger partial charge on any atom is 0.390 e. The first-order valence-corrected chi connectivity index (χ1v) is 6.10. The Morgan fingerprint density at radius 2 is 2.11 bits per heavy atom. The van der Waals surface area contributed by atoms with E-state index in [2.05, 4.69) is 11.4 Å². The van der Waals surface area contributed by atoms with Crippen LogP contribution in [0.25, 0.3) is 6.08 Å². The number of carbonyl (C=O) groups excluding carboxylic acids is 1. The molecule has 0 radical (unpaired) electrons. The molecule has 0 aromatic heterocycles. The number of alkyl halides is 3. The zero-order chi connectivity index (χ0) is 13.9. The van der Waals surface area contributed by atoms with Gasteiger partial charge in [-0.1, -0.05) is 18.2 Å². The Morgan fingerprint density at radius 3 is 2.84 bits per heavy atom. The number of allylic oxidation sites excluding steroid dienone is 1. The summed E-state index contributed by atoms with van der Waals surface area (Å²) in [7, 11) is 0. The van der Waals surface area contributed by atoms with Gasteiger partial charge in [0.15, 0.2) is 0 Å². The lowest BCUT2D eigenvalue weighted by molar-refractivity contribution is -0.132. The predicted molar refractivity (Wildman–Crippen MR) is 66.8 cm³/mol. The molecule has 1 amide bonds. The number of amides is 1. The summed E-state index contributed by atoms with van der Waals surface area (Å²) in [5.74, 6) is -0.457. The first kappa shape index (κ1) is 13.6. The van der Waals surface area contributed by atoms with E-state index in [1.54, 1.807) is 12.1 Å². The fraction of sp³-hybridized carbons (Fsp3) is 0.357. The zero-order valence-electron chi connectivity index (χ0n) is 10.3. The number of nitrogens with one attached hydrogen (secondary N) is 1. The normalized spacial score (nSPS) is 14.1. The standard InChI is InChI=1S/C14H14F3NO/c15-14(16,17)7-8-18-13(19)12-6-5-10-3-1-2-4-11(10)9-12/h1,3,5-6,9H,2,4,7-8H2,(H,18,19). The topological polar surface area (TPSA) is 29.1 Å². The van der Waals surface area contributed by atoms with Gasteiger partial charge in [-0.2, -0.15) is 13.2 Å². The van der Waals surface area contributed by atoms with E-state index in [4.69, 9.17) is 0 Å². The molecule has 0 saturated heterocycles. The lowest BCUT2D eigenvalue weighted by Gasteiger charge is -2.12. The number of benzene rings is 1. The predicted octanol–water partition coefficient (Wildman–Crippen LogP) is 3.33. The van der Waals surface area contributed by atoms with E-state index >= 15 is 0 Å². The fourth-order valence-electron chi connectivity index (χ4n) is 2.00. The highest BCUT2D eigenvalue weighted by Gasteiger charge is 2.26. The van der Waals surface area contributed by atoms with E-state index < -0.39 is 18.5 Å². The number of hydrogen-bond donors (Lipinski definition) is 1. The van der Waals surface area contributed by atoms with Gasteiger partial charge in [0, 0.05) is 12.1 Å². The van der Waals surface area contributed by atoms with Crippen LogP contribution in [0.1, 0.15) is 34.3 Å². The van der Waals surface area contributed by atoms with Gasteiger partial charge in [-0.3, -0.25) is 4.79 Å². The number of aryl methyl sites for hydroxylation is 1. The van der Waals surface area contributed by atoms with Gasteiger partial charge in [-0.25, -0.2) is 0 Å². The zero-order valence-corrected chi connectivity index (χ0v) is 10.3. The minimum Gasteiger partial charge on any atom is -0.352 e. The second-order valence-electron chi connectivity index (χ2n) is 4.48. The molecule has 0 saturated carbocycles. The van der Waals surface area contributed by atoms with Crippen molar-refractivity contribution in [2.24, 2.45) is 0 Å². The molecule has 2 nitrogen and oxygen atoms in total. The molecule has 0 bridgehead atoms. The van der Waals surface area contributed by atoms with Crippen LogP contribution in [0.15, 0.2) is 24.3 Å². The molecular weight excluding hydrogens is 255 g/mol. The van der Waals surface area contributed by atoms with Crippen molar-refractivity contribution in [2.75, 3.05) is 6.54 Å². The maximum atomic E-state index is 12.0. The Bertz CT molecular complexity index is 506. The molecule has 1 aliphatic rings. The van der Waals surface area contributed by atoms with Crippen LogP contribution >= 0.6 is 0 Å². The quantitative estimate of drug-likeness (QED) is 0.896. The minimum absolute atomic E-state index is 0.390. The Balaban J connectivity index is 1.98. The number of halogens is 3. The van der Waals surface area contributed by atoms with E-state index in [1.165, 1.54) is 0 Å².